The monoisotopic (exact) mass is 345 g/mol. The van der Waals surface area contributed by atoms with E-state index in [0.29, 0.717) is 6.42 Å². The van der Waals surface area contributed by atoms with Gasteiger partial charge in [-0.3, -0.25) is 4.90 Å². The molecular weight excluding hydrogens is 318 g/mol. The number of nitrogens with zero attached hydrogens (tertiary/aromatic N) is 1. The average Bonchev–Trinajstić information content (AvgIpc) is 2.69. The second-order valence-corrected chi connectivity index (χ2v) is 6.87. The zero-order chi connectivity index (χ0) is 18.2. The van der Waals surface area contributed by atoms with E-state index in [1.54, 1.807) is 0 Å². The van der Waals surface area contributed by atoms with Crippen LogP contribution in [0.25, 0.3) is 0 Å². The lowest BCUT2D eigenvalue weighted by Gasteiger charge is -2.33. The molecule has 0 aliphatic carbocycles. The molecule has 2 heteroatoms. The second-order valence-electron chi connectivity index (χ2n) is 6.87. The van der Waals surface area contributed by atoms with Gasteiger partial charge >= 0.3 is 0 Å². The van der Waals surface area contributed by atoms with Crippen LogP contribution in [0, 0.1) is 0 Å². The maximum atomic E-state index is 10.9. The van der Waals surface area contributed by atoms with Crippen LogP contribution >= 0.6 is 0 Å². The first-order valence-electron chi connectivity index (χ1n) is 9.26. The van der Waals surface area contributed by atoms with Crippen molar-refractivity contribution in [3.05, 3.63) is 108 Å². The first-order valence-corrected chi connectivity index (χ1v) is 9.26. The van der Waals surface area contributed by atoms with E-state index in [2.05, 4.69) is 72.5 Å². The standard InChI is InChI=1S/C24H27NO/c1-20(24(26)17-21-11-5-2-6-12-21)25(18-22-13-7-3-8-14-22)19-23-15-9-4-10-16-23/h2-16,20,24,26H,17-19H2,1H3/t20-,24-/m0/s1. The molecule has 1 N–H and O–H groups in total. The van der Waals surface area contributed by atoms with Crippen LogP contribution in [0.3, 0.4) is 0 Å². The minimum atomic E-state index is -0.412. The molecule has 0 fully saturated rings. The summed E-state index contributed by atoms with van der Waals surface area (Å²) in [6, 6.07) is 31.2. The van der Waals surface area contributed by atoms with Crippen LogP contribution in [-0.4, -0.2) is 22.2 Å². The summed E-state index contributed by atoms with van der Waals surface area (Å²) in [7, 11) is 0. The molecule has 0 spiro atoms. The molecule has 0 aromatic heterocycles. The molecule has 134 valence electrons. The van der Waals surface area contributed by atoms with E-state index in [4.69, 9.17) is 0 Å². The van der Waals surface area contributed by atoms with Gasteiger partial charge in [0.2, 0.25) is 0 Å². The summed E-state index contributed by atoms with van der Waals surface area (Å²) in [4.78, 5) is 2.36. The molecule has 3 rings (SSSR count). The fraction of sp³-hybridized carbons (Fsp3) is 0.250. The summed E-state index contributed by atoms with van der Waals surface area (Å²) in [5, 5.41) is 10.9. The molecule has 0 unspecified atom stereocenters. The predicted molar refractivity (Wildman–Crippen MR) is 108 cm³/mol. The third-order valence-corrected chi connectivity index (χ3v) is 4.88. The molecule has 0 amide bonds. The zero-order valence-electron chi connectivity index (χ0n) is 15.3. The van der Waals surface area contributed by atoms with Gasteiger partial charge in [0.25, 0.3) is 0 Å². The molecular formula is C24H27NO. The Balaban J connectivity index is 1.74. The molecule has 0 saturated heterocycles. The van der Waals surface area contributed by atoms with Gasteiger partial charge in [0, 0.05) is 19.1 Å². The quantitative estimate of drug-likeness (QED) is 0.641. The van der Waals surface area contributed by atoms with Crippen LogP contribution in [0.15, 0.2) is 91.0 Å². The second kappa shape index (κ2) is 9.33. The van der Waals surface area contributed by atoms with Gasteiger partial charge < -0.3 is 5.11 Å². The highest BCUT2D eigenvalue weighted by atomic mass is 16.3. The molecule has 26 heavy (non-hydrogen) atoms. The predicted octanol–water partition coefficient (Wildman–Crippen LogP) is 4.68. The number of aliphatic hydroxyl groups excluding tert-OH is 1. The molecule has 0 heterocycles. The number of aliphatic hydroxyl groups is 1. The molecule has 0 radical (unpaired) electrons. The lowest BCUT2D eigenvalue weighted by molar-refractivity contribution is 0.0494. The summed E-state index contributed by atoms with van der Waals surface area (Å²) >= 11 is 0. The Bertz CT molecular complexity index is 716. The first kappa shape index (κ1) is 18.4. The highest BCUT2D eigenvalue weighted by Gasteiger charge is 2.22. The Kier molecular flexibility index (Phi) is 6.59. The van der Waals surface area contributed by atoms with Crippen molar-refractivity contribution in [2.75, 3.05) is 0 Å². The molecule has 3 aromatic rings. The topological polar surface area (TPSA) is 23.5 Å². The molecule has 0 bridgehead atoms. The largest absolute Gasteiger partial charge is 0.391 e. The molecule has 3 aromatic carbocycles. The SMILES string of the molecule is C[C@@H]([C@@H](O)Cc1ccccc1)N(Cc1ccccc1)Cc1ccccc1. The summed E-state index contributed by atoms with van der Waals surface area (Å²) in [5.41, 5.74) is 3.70. The van der Waals surface area contributed by atoms with E-state index in [0.717, 1.165) is 13.1 Å². The van der Waals surface area contributed by atoms with Gasteiger partial charge in [-0.15, -0.1) is 0 Å². The van der Waals surface area contributed by atoms with Crippen LogP contribution < -0.4 is 0 Å². The molecule has 2 atom stereocenters. The number of benzene rings is 3. The Morgan fingerprint density at radius 2 is 1.04 bits per heavy atom. The lowest BCUT2D eigenvalue weighted by Crippen LogP contribution is -2.41. The van der Waals surface area contributed by atoms with E-state index in [9.17, 15) is 5.11 Å². The molecule has 2 nitrogen and oxygen atoms in total. The van der Waals surface area contributed by atoms with Gasteiger partial charge in [0.05, 0.1) is 6.10 Å². The van der Waals surface area contributed by atoms with Gasteiger partial charge in [0.15, 0.2) is 0 Å². The van der Waals surface area contributed by atoms with E-state index in [1.165, 1.54) is 16.7 Å². The zero-order valence-corrected chi connectivity index (χ0v) is 15.3. The van der Waals surface area contributed by atoms with E-state index in [1.807, 2.05) is 30.3 Å². The molecule has 0 saturated carbocycles. The van der Waals surface area contributed by atoms with Crippen molar-refractivity contribution in [2.45, 2.75) is 38.6 Å². The van der Waals surface area contributed by atoms with Crippen LogP contribution in [0.4, 0.5) is 0 Å². The summed E-state index contributed by atoms with van der Waals surface area (Å²) < 4.78 is 0. The van der Waals surface area contributed by atoms with Gasteiger partial charge in [-0.25, -0.2) is 0 Å². The third kappa shape index (κ3) is 5.29. The Morgan fingerprint density at radius 3 is 1.46 bits per heavy atom. The highest BCUT2D eigenvalue weighted by Crippen LogP contribution is 2.17. The number of hydrogen-bond acceptors (Lipinski definition) is 2. The van der Waals surface area contributed by atoms with Crippen molar-refractivity contribution >= 4 is 0 Å². The summed E-state index contributed by atoms with van der Waals surface area (Å²) in [5.74, 6) is 0. The minimum absolute atomic E-state index is 0.0515. The number of hydrogen-bond donors (Lipinski definition) is 1. The van der Waals surface area contributed by atoms with E-state index < -0.39 is 6.10 Å². The molecule has 0 aliphatic heterocycles. The number of rotatable bonds is 8. The van der Waals surface area contributed by atoms with Crippen molar-refractivity contribution < 1.29 is 5.11 Å². The third-order valence-electron chi connectivity index (χ3n) is 4.88. The van der Waals surface area contributed by atoms with Crippen LogP contribution in [0.5, 0.6) is 0 Å². The highest BCUT2D eigenvalue weighted by molar-refractivity contribution is 5.18. The van der Waals surface area contributed by atoms with Crippen LogP contribution in [-0.2, 0) is 19.5 Å². The normalized spacial score (nSPS) is 13.5. The van der Waals surface area contributed by atoms with Gasteiger partial charge in [0.1, 0.15) is 0 Å². The fourth-order valence-electron chi connectivity index (χ4n) is 3.25. The maximum Gasteiger partial charge on any atom is 0.0733 e. The smallest absolute Gasteiger partial charge is 0.0733 e. The van der Waals surface area contributed by atoms with Crippen molar-refractivity contribution in [1.82, 2.24) is 4.90 Å². The van der Waals surface area contributed by atoms with Crippen molar-refractivity contribution in [3.8, 4) is 0 Å². The average molecular weight is 345 g/mol. The van der Waals surface area contributed by atoms with Crippen molar-refractivity contribution in [1.29, 1.82) is 0 Å². The summed E-state index contributed by atoms with van der Waals surface area (Å²) in [6.07, 6.45) is 0.257. The van der Waals surface area contributed by atoms with Crippen LogP contribution in [0.1, 0.15) is 23.6 Å². The Hall–Kier alpha value is -2.42. The van der Waals surface area contributed by atoms with E-state index >= 15 is 0 Å². The Labute approximate surface area is 156 Å². The lowest BCUT2D eigenvalue weighted by atomic mass is 10.0. The van der Waals surface area contributed by atoms with Gasteiger partial charge in [-0.05, 0) is 30.0 Å². The maximum absolute atomic E-state index is 10.9. The molecule has 0 aliphatic rings. The van der Waals surface area contributed by atoms with E-state index in [-0.39, 0.29) is 6.04 Å². The van der Waals surface area contributed by atoms with Crippen LogP contribution in [0.2, 0.25) is 0 Å². The Morgan fingerprint density at radius 1 is 0.654 bits per heavy atom. The van der Waals surface area contributed by atoms with Crippen molar-refractivity contribution in [2.24, 2.45) is 0 Å². The fourth-order valence-corrected chi connectivity index (χ4v) is 3.25. The summed E-state index contributed by atoms with van der Waals surface area (Å²) in [6.45, 7) is 3.77. The minimum Gasteiger partial charge on any atom is -0.391 e. The first-order chi connectivity index (χ1) is 12.7. The van der Waals surface area contributed by atoms with Crippen molar-refractivity contribution in [3.63, 3.8) is 0 Å². The van der Waals surface area contributed by atoms with Gasteiger partial charge in [-0.1, -0.05) is 91.0 Å². The van der Waals surface area contributed by atoms with Gasteiger partial charge in [-0.2, -0.15) is 0 Å².